The Balaban J connectivity index is 0.749. The summed E-state index contributed by atoms with van der Waals surface area (Å²) in [6.07, 6.45) is 19.4. The van der Waals surface area contributed by atoms with Crippen LogP contribution in [0.25, 0.3) is 0 Å². The number of benzene rings is 2. The van der Waals surface area contributed by atoms with Crippen molar-refractivity contribution in [3.05, 3.63) is 88.5 Å². The van der Waals surface area contributed by atoms with E-state index in [4.69, 9.17) is 4.98 Å². The van der Waals surface area contributed by atoms with Gasteiger partial charge >= 0.3 is 0 Å². The van der Waals surface area contributed by atoms with Crippen LogP contribution in [0.1, 0.15) is 99.5 Å². The van der Waals surface area contributed by atoms with E-state index in [1.807, 2.05) is 47.5 Å². The van der Waals surface area contributed by atoms with E-state index in [0.29, 0.717) is 30.9 Å². The number of hydrogen-bond donors (Lipinski definition) is 2. The summed E-state index contributed by atoms with van der Waals surface area (Å²) in [6.45, 7) is 13.2. The van der Waals surface area contributed by atoms with Gasteiger partial charge in [-0.25, -0.2) is 14.6 Å². The number of unbranched alkanes of at least 4 members (excludes halogenated alkanes) is 3. The van der Waals surface area contributed by atoms with Crippen molar-refractivity contribution in [2.45, 2.75) is 101 Å². The molecule has 0 radical (unpaired) electrons. The highest BCUT2D eigenvalue weighted by molar-refractivity contribution is 7.89. The molecule has 0 bridgehead atoms. The van der Waals surface area contributed by atoms with Gasteiger partial charge in [0.05, 0.1) is 22.8 Å². The van der Waals surface area contributed by atoms with Gasteiger partial charge in [-0.05, 0) is 104 Å². The Bertz CT molecular complexity index is 2170. The van der Waals surface area contributed by atoms with Gasteiger partial charge in [-0.1, -0.05) is 51.7 Å². The van der Waals surface area contributed by atoms with Gasteiger partial charge in [0, 0.05) is 104 Å². The third-order valence-electron chi connectivity index (χ3n) is 14.1. The molecule has 3 atom stereocenters. The van der Waals surface area contributed by atoms with Gasteiger partial charge in [0.25, 0.3) is 5.91 Å². The monoisotopic (exact) mass is 845 g/mol. The predicted octanol–water partition coefficient (Wildman–Crippen LogP) is 7.15. The third-order valence-corrected chi connectivity index (χ3v) is 15.5. The number of piperidine rings is 1. The fraction of sp³-hybridized carbons (Fsp3) is 0.542. The van der Waals surface area contributed by atoms with Gasteiger partial charge in [-0.3, -0.25) is 24.4 Å². The molecule has 2 N–H and O–H groups in total. The standard InChI is InChI=1S/C48H63N9O3S/c1-4-5-6-7-9-34(2)31-56-44-43(48(20-21-48)46(56)59)30-50-47(52-44)51-37-12-15-40(16-13-37)61(60)41-11-8-10-38(29-41)55-26-24-53(25-27-55)32-35-18-22-54(23-19-35)39-14-17-42-36(28-39)33-57(49-3)45(42)58/h8,11-17,28-30,34-35,38,49H,4-7,9-10,18-27,31-33H2,1-3H3,(H,50,51,52). The number of nitrogens with one attached hydrogen (secondary N) is 2. The second-order valence-electron chi connectivity index (χ2n) is 18.3. The van der Waals surface area contributed by atoms with Crippen LogP contribution in [0.15, 0.2) is 76.7 Å². The third kappa shape index (κ3) is 8.81. The summed E-state index contributed by atoms with van der Waals surface area (Å²) in [4.78, 5) is 46.9. The van der Waals surface area contributed by atoms with Crippen molar-refractivity contribution in [3.63, 3.8) is 0 Å². The number of fused-ring (bicyclic) bond motifs is 3. The first-order valence-electron chi connectivity index (χ1n) is 22.9. The number of hydrazine groups is 1. The first-order valence-corrected chi connectivity index (χ1v) is 24.1. The molecule has 3 aromatic rings. The zero-order valence-electron chi connectivity index (χ0n) is 36.3. The molecule has 324 valence electrons. The normalized spacial score (nSPS) is 22.4. The highest BCUT2D eigenvalue weighted by atomic mass is 32.2. The number of hydrogen-bond acceptors (Lipinski definition) is 10. The van der Waals surface area contributed by atoms with Crippen molar-refractivity contribution < 1.29 is 13.8 Å². The van der Waals surface area contributed by atoms with Crippen molar-refractivity contribution in [3.8, 4) is 0 Å². The van der Waals surface area contributed by atoms with Crippen molar-refractivity contribution in [1.82, 2.24) is 30.2 Å². The zero-order valence-corrected chi connectivity index (χ0v) is 37.1. The summed E-state index contributed by atoms with van der Waals surface area (Å²) in [5.74, 6) is 2.58. The number of piperazine rings is 1. The van der Waals surface area contributed by atoms with E-state index in [1.54, 1.807) is 12.1 Å². The van der Waals surface area contributed by atoms with Crippen molar-refractivity contribution in [2.24, 2.45) is 11.8 Å². The van der Waals surface area contributed by atoms with Crippen LogP contribution in [-0.2, 0) is 27.6 Å². The summed E-state index contributed by atoms with van der Waals surface area (Å²) < 4.78 is 13.9. The molecule has 9 rings (SSSR count). The van der Waals surface area contributed by atoms with Gasteiger partial charge in [-0.2, -0.15) is 4.98 Å². The molecule has 6 aliphatic rings. The molecule has 1 saturated carbocycles. The number of nitrogens with zero attached hydrogens (tertiary/aromatic N) is 7. The molecule has 1 aromatic heterocycles. The summed E-state index contributed by atoms with van der Waals surface area (Å²) in [6, 6.07) is 14.3. The second-order valence-corrected chi connectivity index (χ2v) is 19.8. The number of amides is 2. The molecule has 2 aliphatic carbocycles. The van der Waals surface area contributed by atoms with E-state index in [9.17, 15) is 13.8 Å². The zero-order chi connectivity index (χ0) is 42.1. The highest BCUT2D eigenvalue weighted by Gasteiger charge is 2.60. The largest absolute Gasteiger partial charge is 0.372 e. The lowest BCUT2D eigenvalue weighted by Crippen LogP contribution is -2.51. The Kier molecular flexibility index (Phi) is 12.4. The molecule has 12 nitrogen and oxygen atoms in total. The number of anilines is 4. The molecular formula is C48H63N9O3S. The van der Waals surface area contributed by atoms with E-state index in [1.165, 1.54) is 44.2 Å². The molecule has 4 aliphatic heterocycles. The number of allylic oxidation sites excluding steroid dienone is 1. The lowest BCUT2D eigenvalue weighted by molar-refractivity contribution is -0.120. The molecule has 2 aromatic carbocycles. The Morgan fingerprint density at radius 2 is 1.75 bits per heavy atom. The molecule has 13 heteroatoms. The lowest BCUT2D eigenvalue weighted by atomic mass is 9.95. The van der Waals surface area contributed by atoms with Crippen molar-refractivity contribution in [1.29, 1.82) is 0 Å². The minimum Gasteiger partial charge on any atom is -0.372 e. The van der Waals surface area contributed by atoms with Crippen LogP contribution >= 0.6 is 0 Å². The Labute approximate surface area is 364 Å². The van der Waals surface area contributed by atoms with E-state index in [-0.39, 0.29) is 17.9 Å². The average molecular weight is 846 g/mol. The van der Waals surface area contributed by atoms with Gasteiger partial charge in [0.2, 0.25) is 11.9 Å². The Morgan fingerprint density at radius 1 is 0.967 bits per heavy atom. The van der Waals surface area contributed by atoms with E-state index in [0.717, 1.165) is 109 Å². The van der Waals surface area contributed by atoms with E-state index >= 15 is 0 Å². The van der Waals surface area contributed by atoms with Gasteiger partial charge in [-0.15, -0.1) is 0 Å². The molecule has 3 unspecified atom stereocenters. The van der Waals surface area contributed by atoms with Crippen LogP contribution in [0, 0.1) is 11.8 Å². The highest BCUT2D eigenvalue weighted by Crippen LogP contribution is 2.57. The molecule has 5 heterocycles. The Hall–Kier alpha value is -4.43. The van der Waals surface area contributed by atoms with Crippen LogP contribution in [-0.4, -0.2) is 106 Å². The lowest BCUT2D eigenvalue weighted by Gasteiger charge is -2.41. The average Bonchev–Trinajstić information content (AvgIpc) is 4.00. The van der Waals surface area contributed by atoms with Crippen LogP contribution in [0.5, 0.6) is 0 Å². The van der Waals surface area contributed by atoms with Gasteiger partial charge in [0.15, 0.2) is 0 Å². The van der Waals surface area contributed by atoms with Crippen LogP contribution in [0.2, 0.25) is 0 Å². The van der Waals surface area contributed by atoms with E-state index < -0.39 is 16.2 Å². The Morgan fingerprint density at radius 3 is 2.49 bits per heavy atom. The summed E-state index contributed by atoms with van der Waals surface area (Å²) >= 11 is 0. The number of rotatable bonds is 16. The van der Waals surface area contributed by atoms with Crippen LogP contribution in [0.3, 0.4) is 0 Å². The molecule has 2 amide bonds. The summed E-state index contributed by atoms with van der Waals surface area (Å²) in [5.41, 5.74) is 7.52. The van der Waals surface area contributed by atoms with Gasteiger partial charge in [0.1, 0.15) is 5.82 Å². The topological polar surface area (TPSA) is 117 Å². The molecule has 3 fully saturated rings. The molecule has 61 heavy (non-hydrogen) atoms. The maximum atomic E-state index is 13.9. The second kappa shape index (κ2) is 18.1. The van der Waals surface area contributed by atoms with E-state index in [2.05, 4.69) is 68.6 Å². The molecule has 2 saturated heterocycles. The number of aromatic nitrogens is 2. The summed E-state index contributed by atoms with van der Waals surface area (Å²) in [5, 5.41) is 5.02. The first-order chi connectivity index (χ1) is 29.7. The molecular weight excluding hydrogens is 783 g/mol. The fourth-order valence-corrected chi connectivity index (χ4v) is 11.3. The minimum atomic E-state index is -1.29. The van der Waals surface area contributed by atoms with Crippen LogP contribution < -0.4 is 20.5 Å². The first kappa shape index (κ1) is 41.9. The fourth-order valence-electron chi connectivity index (χ4n) is 10.2. The number of carbonyl (C=O) groups excluding carboxylic acids is 2. The maximum absolute atomic E-state index is 13.9. The predicted molar refractivity (Wildman–Crippen MR) is 243 cm³/mol. The minimum absolute atomic E-state index is 0.0554. The van der Waals surface area contributed by atoms with Gasteiger partial charge < -0.3 is 15.1 Å². The van der Waals surface area contributed by atoms with Crippen molar-refractivity contribution in [2.75, 3.05) is 74.5 Å². The smallest absolute Gasteiger partial charge is 0.268 e. The van der Waals surface area contributed by atoms with Crippen LogP contribution in [0.4, 0.5) is 23.1 Å². The number of carbonyl (C=O) groups is 2. The maximum Gasteiger partial charge on any atom is 0.268 e. The SMILES string of the molecule is CCCCCCC(C)CN1C(=O)C2(CC2)c2cnc(Nc3ccc(S(=O)C4=CC(N5CCN(CC6CCN(c7ccc8c(c7)CN(NC)C8=O)CC6)CC5)CC=C4)cc3)nc21. The molecule has 1 spiro atoms. The summed E-state index contributed by atoms with van der Waals surface area (Å²) in [7, 11) is 0.504. The van der Waals surface area contributed by atoms with Crippen molar-refractivity contribution >= 4 is 45.8 Å². The quantitative estimate of drug-likeness (QED) is 0.144.